The van der Waals surface area contributed by atoms with E-state index < -0.39 is 5.41 Å². The lowest BCUT2D eigenvalue weighted by Crippen LogP contribution is -2.42. The smallest absolute Gasteiger partial charge is 0.318 e. The van der Waals surface area contributed by atoms with Gasteiger partial charge in [0.05, 0.1) is 19.0 Å². The maximum Gasteiger partial charge on any atom is 0.318 e. The van der Waals surface area contributed by atoms with Gasteiger partial charge >= 0.3 is 5.97 Å². The lowest BCUT2D eigenvalue weighted by Gasteiger charge is -2.32. The Hall–Kier alpha value is -2.21. The Kier molecular flexibility index (Phi) is 4.43. The highest BCUT2D eigenvalue weighted by molar-refractivity contribution is 5.82. The summed E-state index contributed by atoms with van der Waals surface area (Å²) in [5, 5.41) is 8.45. The normalized spacial score (nSPS) is 17.0. The molecule has 0 aliphatic carbocycles. The highest BCUT2D eigenvalue weighted by Gasteiger charge is 2.45. The Bertz CT molecular complexity index is 673. The molecule has 0 bridgehead atoms. The van der Waals surface area contributed by atoms with E-state index >= 15 is 0 Å². The van der Waals surface area contributed by atoms with Crippen LogP contribution in [0.4, 0.5) is 0 Å². The van der Waals surface area contributed by atoms with E-state index in [1.807, 2.05) is 18.3 Å². The predicted octanol–water partition coefficient (Wildman–Crippen LogP) is 2.05. The van der Waals surface area contributed by atoms with E-state index in [-0.39, 0.29) is 5.97 Å². The molecule has 6 nitrogen and oxygen atoms in total. The van der Waals surface area contributed by atoms with E-state index in [4.69, 9.17) is 9.47 Å². The van der Waals surface area contributed by atoms with Crippen LogP contribution in [0.5, 0.6) is 0 Å². The molecule has 0 unspecified atom stereocenters. The Morgan fingerprint density at radius 2 is 2.00 bits per heavy atom. The van der Waals surface area contributed by atoms with Crippen LogP contribution in [-0.2, 0) is 26.1 Å². The SMILES string of the molecule is CCc1ccc(-n2cc(C3(C(=O)OC)CCOCC3)nn2)cc1. The molecule has 1 fully saturated rings. The largest absolute Gasteiger partial charge is 0.468 e. The number of methoxy groups -OCH3 is 1. The molecule has 3 rings (SSSR count). The van der Waals surface area contributed by atoms with Gasteiger partial charge in [0.25, 0.3) is 0 Å². The number of aromatic nitrogens is 3. The van der Waals surface area contributed by atoms with E-state index in [1.54, 1.807) is 4.68 Å². The number of ether oxygens (including phenoxy) is 2. The molecule has 0 atom stereocenters. The second-order valence-corrected chi connectivity index (χ2v) is 5.75. The zero-order valence-electron chi connectivity index (χ0n) is 13.5. The maximum absolute atomic E-state index is 12.4. The molecule has 0 saturated carbocycles. The number of hydrogen-bond acceptors (Lipinski definition) is 5. The molecule has 0 spiro atoms. The highest BCUT2D eigenvalue weighted by Crippen LogP contribution is 2.35. The van der Waals surface area contributed by atoms with Gasteiger partial charge in [-0.15, -0.1) is 5.10 Å². The minimum atomic E-state index is -0.755. The molecular weight excluding hydrogens is 294 g/mol. The van der Waals surface area contributed by atoms with Gasteiger partial charge in [-0.25, -0.2) is 4.68 Å². The van der Waals surface area contributed by atoms with Crippen molar-refractivity contribution in [2.24, 2.45) is 0 Å². The van der Waals surface area contributed by atoms with Crippen molar-refractivity contribution in [3.05, 3.63) is 41.7 Å². The first-order valence-corrected chi connectivity index (χ1v) is 7.88. The van der Waals surface area contributed by atoms with Crippen molar-refractivity contribution in [1.29, 1.82) is 0 Å². The minimum Gasteiger partial charge on any atom is -0.468 e. The number of carbonyl (C=O) groups excluding carboxylic acids is 1. The van der Waals surface area contributed by atoms with Crippen LogP contribution in [-0.4, -0.2) is 41.3 Å². The van der Waals surface area contributed by atoms with E-state index in [9.17, 15) is 4.79 Å². The minimum absolute atomic E-state index is 0.269. The van der Waals surface area contributed by atoms with Crippen LogP contribution in [0.1, 0.15) is 31.0 Å². The average molecular weight is 315 g/mol. The van der Waals surface area contributed by atoms with Crippen LogP contribution in [0.15, 0.2) is 30.5 Å². The third-order valence-corrected chi connectivity index (χ3v) is 4.52. The summed E-state index contributed by atoms with van der Waals surface area (Å²) in [7, 11) is 1.41. The van der Waals surface area contributed by atoms with E-state index in [1.165, 1.54) is 12.7 Å². The molecule has 0 radical (unpaired) electrons. The fourth-order valence-corrected chi connectivity index (χ4v) is 2.97. The van der Waals surface area contributed by atoms with Crippen LogP contribution in [0.3, 0.4) is 0 Å². The third-order valence-electron chi connectivity index (χ3n) is 4.52. The van der Waals surface area contributed by atoms with Crippen molar-refractivity contribution in [2.75, 3.05) is 20.3 Å². The topological polar surface area (TPSA) is 66.2 Å². The van der Waals surface area contributed by atoms with Gasteiger partial charge in [0.1, 0.15) is 11.1 Å². The quantitative estimate of drug-likeness (QED) is 0.808. The number of benzene rings is 1. The molecule has 0 amide bonds. The van der Waals surface area contributed by atoms with Crippen LogP contribution >= 0.6 is 0 Å². The van der Waals surface area contributed by atoms with Gasteiger partial charge < -0.3 is 9.47 Å². The summed E-state index contributed by atoms with van der Waals surface area (Å²) >= 11 is 0. The fourth-order valence-electron chi connectivity index (χ4n) is 2.97. The van der Waals surface area contributed by atoms with Crippen molar-refractivity contribution in [1.82, 2.24) is 15.0 Å². The van der Waals surface area contributed by atoms with Gasteiger partial charge in [-0.1, -0.05) is 24.3 Å². The molecule has 1 aliphatic rings. The maximum atomic E-state index is 12.4. The number of carbonyl (C=O) groups is 1. The molecule has 1 saturated heterocycles. The number of aryl methyl sites for hydroxylation is 1. The highest BCUT2D eigenvalue weighted by atomic mass is 16.5. The molecule has 1 aromatic carbocycles. The molecule has 1 aromatic heterocycles. The van der Waals surface area contributed by atoms with Crippen LogP contribution < -0.4 is 0 Å². The lowest BCUT2D eigenvalue weighted by molar-refractivity contribution is -0.151. The standard InChI is InChI=1S/C17H21N3O3/c1-3-13-4-6-14(7-5-13)20-12-15(18-19-20)17(16(21)22-2)8-10-23-11-9-17/h4-7,12H,3,8-11H2,1-2H3. The summed E-state index contributed by atoms with van der Waals surface area (Å²) in [6.07, 6.45) is 3.94. The first-order chi connectivity index (χ1) is 11.2. The molecule has 1 aliphatic heterocycles. The first kappa shape index (κ1) is 15.7. The van der Waals surface area contributed by atoms with E-state index in [0.717, 1.165) is 12.1 Å². The molecule has 2 aromatic rings. The van der Waals surface area contributed by atoms with Gasteiger partial charge in [0, 0.05) is 13.2 Å². The summed E-state index contributed by atoms with van der Waals surface area (Å²) in [4.78, 5) is 12.4. The Labute approximate surface area is 135 Å². The van der Waals surface area contributed by atoms with Crippen LogP contribution in [0.25, 0.3) is 5.69 Å². The molecule has 6 heteroatoms. The monoisotopic (exact) mass is 315 g/mol. The van der Waals surface area contributed by atoms with Gasteiger partial charge in [0.2, 0.25) is 0 Å². The predicted molar refractivity (Wildman–Crippen MR) is 84.5 cm³/mol. The van der Waals surface area contributed by atoms with Gasteiger partial charge in [-0.05, 0) is 37.0 Å². The molecule has 23 heavy (non-hydrogen) atoms. The Morgan fingerprint density at radius 3 is 2.61 bits per heavy atom. The van der Waals surface area contributed by atoms with Crippen molar-refractivity contribution in [2.45, 2.75) is 31.6 Å². The summed E-state index contributed by atoms with van der Waals surface area (Å²) in [6, 6.07) is 8.15. The summed E-state index contributed by atoms with van der Waals surface area (Å²) < 4.78 is 12.1. The molecule has 2 heterocycles. The van der Waals surface area contributed by atoms with Crippen LogP contribution in [0, 0.1) is 0 Å². The second kappa shape index (κ2) is 6.50. The number of esters is 1. The van der Waals surface area contributed by atoms with Gasteiger partial charge in [-0.2, -0.15) is 0 Å². The number of nitrogens with zero attached hydrogens (tertiary/aromatic N) is 3. The van der Waals surface area contributed by atoms with Crippen molar-refractivity contribution in [3.63, 3.8) is 0 Å². The first-order valence-electron chi connectivity index (χ1n) is 7.88. The molecule has 0 N–H and O–H groups in total. The second-order valence-electron chi connectivity index (χ2n) is 5.75. The summed E-state index contributed by atoms with van der Waals surface area (Å²) in [5.41, 5.74) is 2.08. The third kappa shape index (κ3) is 2.86. The molecule has 122 valence electrons. The Morgan fingerprint density at radius 1 is 1.30 bits per heavy atom. The van der Waals surface area contributed by atoms with Crippen molar-refractivity contribution in [3.8, 4) is 5.69 Å². The average Bonchev–Trinajstić information content (AvgIpc) is 3.12. The summed E-state index contributed by atoms with van der Waals surface area (Å²) in [5.74, 6) is -0.269. The van der Waals surface area contributed by atoms with E-state index in [0.29, 0.717) is 31.7 Å². The van der Waals surface area contributed by atoms with Gasteiger partial charge in [0.15, 0.2) is 0 Å². The molecular formula is C17H21N3O3. The van der Waals surface area contributed by atoms with Crippen LogP contribution in [0.2, 0.25) is 0 Å². The van der Waals surface area contributed by atoms with Gasteiger partial charge in [-0.3, -0.25) is 4.79 Å². The zero-order chi connectivity index (χ0) is 16.3. The van der Waals surface area contributed by atoms with E-state index in [2.05, 4.69) is 29.4 Å². The van der Waals surface area contributed by atoms with Crippen molar-refractivity contribution >= 4 is 5.97 Å². The number of rotatable bonds is 4. The summed E-state index contributed by atoms with van der Waals surface area (Å²) in [6.45, 7) is 3.16. The Balaban J connectivity index is 1.93. The fraction of sp³-hybridized carbons (Fsp3) is 0.471. The van der Waals surface area contributed by atoms with Crippen molar-refractivity contribution < 1.29 is 14.3 Å². The zero-order valence-corrected chi connectivity index (χ0v) is 13.5. The number of hydrogen-bond donors (Lipinski definition) is 0. The lowest BCUT2D eigenvalue weighted by atomic mass is 9.77.